The molecule has 2 rings (SSSR count). The molecule has 0 radical (unpaired) electrons. The Labute approximate surface area is 110 Å². The van der Waals surface area contributed by atoms with Crippen LogP contribution in [-0.2, 0) is 6.54 Å². The molecular weight excluding hydrogens is 256 g/mol. The minimum atomic E-state index is -0.474. The van der Waals surface area contributed by atoms with Gasteiger partial charge < -0.3 is 17.5 Å². The summed E-state index contributed by atoms with van der Waals surface area (Å²) in [5, 5.41) is 20.3. The van der Waals surface area contributed by atoms with E-state index in [4.69, 9.17) is 0 Å². The zero-order valence-corrected chi connectivity index (χ0v) is 10.1. The van der Waals surface area contributed by atoms with E-state index < -0.39 is 4.92 Å². The van der Waals surface area contributed by atoms with E-state index in [0.717, 1.165) is 0 Å². The molecule has 0 aliphatic rings. The van der Waals surface area contributed by atoms with Gasteiger partial charge in [-0.05, 0) is 6.07 Å². The van der Waals surface area contributed by atoms with Gasteiger partial charge in [-0.3, -0.25) is 10.1 Å². The third-order valence-corrected chi connectivity index (χ3v) is 2.40. The average molecular weight is 267 g/mol. The van der Waals surface area contributed by atoms with Gasteiger partial charge in [0.05, 0.1) is 10.5 Å². The Balaban J connectivity index is 0.00000162. The first kappa shape index (κ1) is 13.9. The summed E-state index contributed by atoms with van der Waals surface area (Å²) >= 11 is 0. The van der Waals surface area contributed by atoms with Crippen LogP contribution in [-0.4, -0.2) is 10.0 Å². The molecule has 0 atom stereocenters. The summed E-state index contributed by atoms with van der Waals surface area (Å²) < 4.78 is 1.83. The molecule has 0 bridgehead atoms. The molecule has 1 N–H and O–H groups in total. The smallest absolute Gasteiger partial charge is 0.270 e. The molecule has 0 saturated carbocycles. The first-order valence-electron chi connectivity index (χ1n) is 5.07. The number of hydrogen-bond acceptors (Lipinski definition) is 3. The maximum absolute atomic E-state index is 10.6. The van der Waals surface area contributed by atoms with Crippen LogP contribution in [0.25, 0.3) is 0 Å². The highest BCUT2D eigenvalue weighted by Gasteiger charge is 2.13. The quantitative estimate of drug-likeness (QED) is 0.424. The fourth-order valence-corrected chi connectivity index (χ4v) is 1.55. The van der Waals surface area contributed by atoms with E-state index in [9.17, 15) is 15.2 Å². The van der Waals surface area contributed by atoms with Crippen molar-refractivity contribution in [2.45, 2.75) is 6.54 Å². The Morgan fingerprint density at radius 1 is 1.22 bits per heavy atom. The first-order chi connectivity index (χ1) is 8.16. The molecule has 0 saturated heterocycles. The number of aromatic hydroxyl groups is 1. The number of aromatic nitrogens is 1. The van der Waals surface area contributed by atoms with E-state index >= 15 is 0 Å². The predicted molar refractivity (Wildman–Crippen MR) is 60.5 cm³/mol. The Morgan fingerprint density at radius 3 is 2.50 bits per heavy atom. The number of benzene rings is 1. The van der Waals surface area contributed by atoms with E-state index in [1.165, 1.54) is 18.2 Å². The van der Waals surface area contributed by atoms with Gasteiger partial charge in [0.25, 0.3) is 5.69 Å². The number of pyridine rings is 1. The van der Waals surface area contributed by atoms with Crippen LogP contribution in [0.1, 0.15) is 5.56 Å². The summed E-state index contributed by atoms with van der Waals surface area (Å²) in [6.45, 7) is 0.397. The number of non-ortho nitro benzene ring substituents is 1. The molecular formula is C12H11ClN2O3. The second-order valence-corrected chi connectivity index (χ2v) is 3.62. The lowest BCUT2D eigenvalue weighted by molar-refractivity contribution is -0.688. The lowest BCUT2D eigenvalue weighted by atomic mass is 10.1. The first-order valence-corrected chi connectivity index (χ1v) is 5.07. The monoisotopic (exact) mass is 266 g/mol. The Bertz CT molecular complexity index is 546. The SMILES string of the molecule is O=[N+]([O-])c1ccc(O)c(C[n+]2ccccc2)c1.[Cl-]. The second kappa shape index (κ2) is 5.97. The van der Waals surface area contributed by atoms with Gasteiger partial charge in [0.1, 0.15) is 5.75 Å². The molecule has 18 heavy (non-hydrogen) atoms. The highest BCUT2D eigenvalue weighted by atomic mass is 35.5. The van der Waals surface area contributed by atoms with Crippen molar-refractivity contribution in [2.75, 3.05) is 0 Å². The Morgan fingerprint density at radius 2 is 1.89 bits per heavy atom. The maximum Gasteiger partial charge on any atom is 0.270 e. The zero-order valence-electron chi connectivity index (χ0n) is 9.36. The summed E-state index contributed by atoms with van der Waals surface area (Å²) in [4.78, 5) is 10.2. The van der Waals surface area contributed by atoms with Gasteiger partial charge in [-0.25, -0.2) is 4.57 Å². The van der Waals surface area contributed by atoms with Crippen molar-refractivity contribution in [3.8, 4) is 5.75 Å². The fourth-order valence-electron chi connectivity index (χ4n) is 1.55. The van der Waals surface area contributed by atoms with Crippen LogP contribution in [0.15, 0.2) is 48.8 Å². The third kappa shape index (κ3) is 3.18. The van der Waals surface area contributed by atoms with E-state index in [2.05, 4.69) is 0 Å². The minimum Gasteiger partial charge on any atom is -1.00 e. The van der Waals surface area contributed by atoms with Crippen molar-refractivity contribution < 1.29 is 27.0 Å². The average Bonchev–Trinajstić information content (AvgIpc) is 2.33. The van der Waals surface area contributed by atoms with E-state index in [1.54, 1.807) is 0 Å². The summed E-state index contributed by atoms with van der Waals surface area (Å²) in [5.41, 5.74) is 0.504. The van der Waals surface area contributed by atoms with Crippen molar-refractivity contribution in [1.82, 2.24) is 0 Å². The molecule has 5 nitrogen and oxygen atoms in total. The highest BCUT2D eigenvalue weighted by Crippen LogP contribution is 2.22. The molecule has 0 aliphatic heterocycles. The van der Waals surface area contributed by atoms with Crippen LogP contribution < -0.4 is 17.0 Å². The normalized spacial score (nSPS) is 9.56. The van der Waals surface area contributed by atoms with Gasteiger partial charge in [-0.1, -0.05) is 6.07 Å². The summed E-state index contributed by atoms with van der Waals surface area (Å²) in [7, 11) is 0. The van der Waals surface area contributed by atoms with E-state index in [1.807, 2.05) is 35.2 Å². The van der Waals surface area contributed by atoms with Crippen LogP contribution >= 0.6 is 0 Å². The number of hydrogen-bond donors (Lipinski definition) is 1. The van der Waals surface area contributed by atoms with E-state index in [0.29, 0.717) is 12.1 Å². The molecule has 0 unspecified atom stereocenters. The van der Waals surface area contributed by atoms with Crippen molar-refractivity contribution in [1.29, 1.82) is 0 Å². The number of nitro groups is 1. The molecule has 94 valence electrons. The zero-order chi connectivity index (χ0) is 12.3. The fraction of sp³-hybridized carbons (Fsp3) is 0.0833. The van der Waals surface area contributed by atoms with Gasteiger partial charge in [-0.2, -0.15) is 0 Å². The van der Waals surface area contributed by atoms with Crippen molar-refractivity contribution in [2.24, 2.45) is 0 Å². The Hall–Kier alpha value is -2.14. The molecule has 2 aromatic rings. The molecule has 6 heteroatoms. The Kier molecular flexibility index (Phi) is 4.62. The van der Waals surface area contributed by atoms with Crippen LogP contribution in [0.2, 0.25) is 0 Å². The lowest BCUT2D eigenvalue weighted by Crippen LogP contribution is -3.00. The number of rotatable bonds is 3. The maximum atomic E-state index is 10.6. The summed E-state index contributed by atoms with van der Waals surface area (Å²) in [6, 6.07) is 9.60. The number of phenols is 1. The molecule has 0 aliphatic carbocycles. The molecule has 1 aromatic heterocycles. The molecule has 0 fully saturated rings. The lowest BCUT2D eigenvalue weighted by Gasteiger charge is -2.01. The van der Waals surface area contributed by atoms with Gasteiger partial charge in [-0.15, -0.1) is 0 Å². The van der Waals surface area contributed by atoms with Crippen LogP contribution in [0.4, 0.5) is 5.69 Å². The largest absolute Gasteiger partial charge is 1.00 e. The summed E-state index contributed by atoms with van der Waals surface area (Å²) in [6.07, 6.45) is 3.66. The van der Waals surface area contributed by atoms with Gasteiger partial charge in [0, 0.05) is 24.3 Å². The molecule has 0 amide bonds. The third-order valence-electron chi connectivity index (χ3n) is 2.40. The predicted octanol–water partition coefficient (Wildman–Crippen LogP) is -1.36. The number of nitro benzene ring substituents is 1. The topological polar surface area (TPSA) is 67.2 Å². The van der Waals surface area contributed by atoms with Crippen LogP contribution in [0.3, 0.4) is 0 Å². The van der Waals surface area contributed by atoms with Crippen molar-refractivity contribution in [3.63, 3.8) is 0 Å². The van der Waals surface area contributed by atoms with Gasteiger partial charge >= 0.3 is 0 Å². The van der Waals surface area contributed by atoms with Crippen molar-refractivity contribution >= 4 is 5.69 Å². The van der Waals surface area contributed by atoms with Crippen LogP contribution in [0, 0.1) is 10.1 Å². The van der Waals surface area contributed by atoms with Gasteiger partial charge in [0.15, 0.2) is 18.9 Å². The second-order valence-electron chi connectivity index (χ2n) is 3.62. The number of phenolic OH excluding ortho intramolecular Hbond substituents is 1. The standard InChI is InChI=1S/C12H10N2O3.ClH/c15-12-5-4-11(14(16)17)8-10(12)9-13-6-2-1-3-7-13;/h1-8H,9H2;1H. The molecule has 1 heterocycles. The van der Waals surface area contributed by atoms with Gasteiger partial charge in [0.2, 0.25) is 0 Å². The number of halogens is 1. The minimum absolute atomic E-state index is 0. The summed E-state index contributed by atoms with van der Waals surface area (Å²) in [5.74, 6) is 0.0620. The van der Waals surface area contributed by atoms with Crippen LogP contribution in [0.5, 0.6) is 5.75 Å². The molecule has 0 spiro atoms. The highest BCUT2D eigenvalue weighted by molar-refractivity contribution is 5.42. The van der Waals surface area contributed by atoms with Crippen molar-refractivity contribution in [3.05, 3.63) is 64.5 Å². The number of nitrogens with zero attached hydrogens (tertiary/aromatic N) is 2. The van der Waals surface area contributed by atoms with E-state index in [-0.39, 0.29) is 23.8 Å². The molecule has 1 aromatic carbocycles.